The highest BCUT2D eigenvalue weighted by Crippen LogP contribution is 2.21. The first-order valence-corrected chi connectivity index (χ1v) is 8.30. The number of carbonyl (C=O) groups excluding carboxylic acids is 1. The third-order valence-corrected chi connectivity index (χ3v) is 4.58. The fourth-order valence-corrected chi connectivity index (χ4v) is 2.95. The molecular formula is C18H28N2O2. The summed E-state index contributed by atoms with van der Waals surface area (Å²) in [5.41, 5.74) is 5.95. The summed E-state index contributed by atoms with van der Waals surface area (Å²) in [6, 6.07) is 9.97. The number of amides is 1. The van der Waals surface area contributed by atoms with E-state index in [1.54, 1.807) is 0 Å². The second kappa shape index (κ2) is 8.18. The van der Waals surface area contributed by atoms with Crippen molar-refractivity contribution in [3.8, 4) is 5.75 Å². The van der Waals surface area contributed by atoms with Crippen LogP contribution in [0, 0.1) is 11.8 Å². The van der Waals surface area contributed by atoms with E-state index in [9.17, 15) is 4.79 Å². The summed E-state index contributed by atoms with van der Waals surface area (Å²) < 4.78 is 5.68. The molecule has 1 saturated heterocycles. The lowest BCUT2D eigenvalue weighted by molar-refractivity contribution is -0.136. The van der Waals surface area contributed by atoms with Crippen LogP contribution in [0.3, 0.4) is 0 Å². The molecule has 0 saturated carbocycles. The smallest absolute Gasteiger partial charge is 0.225 e. The van der Waals surface area contributed by atoms with Gasteiger partial charge in [-0.3, -0.25) is 4.79 Å². The molecule has 2 atom stereocenters. The molecule has 1 aromatic carbocycles. The van der Waals surface area contributed by atoms with Gasteiger partial charge in [0.2, 0.25) is 5.91 Å². The monoisotopic (exact) mass is 304 g/mol. The summed E-state index contributed by atoms with van der Waals surface area (Å²) in [6.45, 7) is 6.32. The number of hydrogen-bond acceptors (Lipinski definition) is 3. The number of hydrogen-bond donors (Lipinski definition) is 1. The van der Waals surface area contributed by atoms with Crippen LogP contribution in [0.2, 0.25) is 0 Å². The van der Waals surface area contributed by atoms with E-state index in [1.807, 2.05) is 42.2 Å². The van der Waals surface area contributed by atoms with E-state index < -0.39 is 0 Å². The van der Waals surface area contributed by atoms with Crippen LogP contribution in [-0.2, 0) is 4.79 Å². The number of ether oxygens (including phenoxy) is 1. The van der Waals surface area contributed by atoms with E-state index in [0.717, 1.165) is 38.1 Å². The Hall–Kier alpha value is -1.55. The van der Waals surface area contributed by atoms with Crippen LogP contribution in [0.5, 0.6) is 5.75 Å². The molecule has 22 heavy (non-hydrogen) atoms. The van der Waals surface area contributed by atoms with Crippen LogP contribution in [0.25, 0.3) is 0 Å². The molecule has 0 aliphatic carbocycles. The standard InChI is InChI=1S/C18H28N2O2/c1-14(10-13-22-17-6-4-3-5-7-17)18(21)20-11-8-16(9-12-20)15(2)19/h3-7,14-16H,8-13,19H2,1-2H3. The fraction of sp³-hybridized carbons (Fsp3) is 0.611. The Balaban J connectivity index is 1.71. The van der Waals surface area contributed by atoms with Gasteiger partial charge in [0.05, 0.1) is 6.61 Å². The highest BCUT2D eigenvalue weighted by atomic mass is 16.5. The molecule has 0 spiro atoms. The zero-order chi connectivity index (χ0) is 15.9. The van der Waals surface area contributed by atoms with Crippen LogP contribution >= 0.6 is 0 Å². The Morgan fingerprint density at radius 1 is 1.27 bits per heavy atom. The maximum atomic E-state index is 12.5. The number of nitrogens with zero attached hydrogens (tertiary/aromatic N) is 1. The minimum Gasteiger partial charge on any atom is -0.494 e. The van der Waals surface area contributed by atoms with E-state index in [4.69, 9.17) is 10.5 Å². The first-order valence-electron chi connectivity index (χ1n) is 8.30. The summed E-state index contributed by atoms with van der Waals surface area (Å²) >= 11 is 0. The van der Waals surface area contributed by atoms with Gasteiger partial charge in [-0.05, 0) is 44.2 Å². The second-order valence-corrected chi connectivity index (χ2v) is 6.37. The third kappa shape index (κ3) is 4.73. The number of likely N-dealkylation sites (tertiary alicyclic amines) is 1. The molecule has 0 radical (unpaired) electrons. The summed E-state index contributed by atoms with van der Waals surface area (Å²) in [5, 5.41) is 0. The van der Waals surface area contributed by atoms with Gasteiger partial charge in [0.1, 0.15) is 5.75 Å². The van der Waals surface area contributed by atoms with Crippen molar-refractivity contribution < 1.29 is 9.53 Å². The Bertz CT molecular complexity index is 453. The molecule has 122 valence electrons. The lowest BCUT2D eigenvalue weighted by Gasteiger charge is -2.35. The minimum atomic E-state index is 0.00978. The third-order valence-electron chi connectivity index (χ3n) is 4.58. The van der Waals surface area contributed by atoms with E-state index >= 15 is 0 Å². The lowest BCUT2D eigenvalue weighted by atomic mass is 9.90. The van der Waals surface area contributed by atoms with Crippen LogP contribution in [0.15, 0.2) is 30.3 Å². The first-order chi connectivity index (χ1) is 10.6. The van der Waals surface area contributed by atoms with E-state index in [1.165, 1.54) is 0 Å². The van der Waals surface area contributed by atoms with Gasteiger partial charge in [-0.2, -0.15) is 0 Å². The number of carbonyl (C=O) groups is 1. The molecule has 1 heterocycles. The summed E-state index contributed by atoms with van der Waals surface area (Å²) in [4.78, 5) is 14.4. The normalized spacial score (nSPS) is 18.8. The summed E-state index contributed by atoms with van der Waals surface area (Å²) in [5.74, 6) is 1.68. The molecular weight excluding hydrogens is 276 g/mol. The Morgan fingerprint density at radius 2 is 1.91 bits per heavy atom. The van der Waals surface area contributed by atoms with Gasteiger partial charge in [0.15, 0.2) is 0 Å². The van der Waals surface area contributed by atoms with Crippen molar-refractivity contribution in [2.75, 3.05) is 19.7 Å². The van der Waals surface area contributed by atoms with Crippen molar-refractivity contribution in [2.24, 2.45) is 17.6 Å². The average molecular weight is 304 g/mol. The average Bonchev–Trinajstić information content (AvgIpc) is 2.55. The quantitative estimate of drug-likeness (QED) is 0.879. The molecule has 1 aromatic rings. The number of para-hydroxylation sites is 1. The van der Waals surface area contributed by atoms with Crippen molar-refractivity contribution in [3.63, 3.8) is 0 Å². The van der Waals surface area contributed by atoms with E-state index in [0.29, 0.717) is 12.5 Å². The van der Waals surface area contributed by atoms with Gasteiger partial charge in [-0.15, -0.1) is 0 Å². The predicted molar refractivity (Wildman–Crippen MR) is 88.7 cm³/mol. The Kier molecular flexibility index (Phi) is 6.25. The zero-order valence-corrected chi connectivity index (χ0v) is 13.7. The predicted octanol–water partition coefficient (Wildman–Crippen LogP) is 2.68. The number of piperidine rings is 1. The van der Waals surface area contributed by atoms with Crippen molar-refractivity contribution in [2.45, 2.75) is 39.2 Å². The molecule has 2 N–H and O–H groups in total. The molecule has 4 heteroatoms. The molecule has 1 aliphatic rings. The molecule has 1 amide bonds. The van der Waals surface area contributed by atoms with Crippen LogP contribution in [-0.4, -0.2) is 36.5 Å². The Labute approximate surface area is 133 Å². The highest BCUT2D eigenvalue weighted by molar-refractivity contribution is 5.78. The van der Waals surface area contributed by atoms with Crippen molar-refractivity contribution in [1.29, 1.82) is 0 Å². The van der Waals surface area contributed by atoms with E-state index in [2.05, 4.69) is 6.92 Å². The molecule has 0 aromatic heterocycles. The molecule has 4 nitrogen and oxygen atoms in total. The zero-order valence-electron chi connectivity index (χ0n) is 13.7. The van der Waals surface area contributed by atoms with Crippen LogP contribution in [0.4, 0.5) is 0 Å². The number of rotatable bonds is 6. The largest absolute Gasteiger partial charge is 0.494 e. The number of nitrogens with two attached hydrogens (primary N) is 1. The second-order valence-electron chi connectivity index (χ2n) is 6.37. The van der Waals surface area contributed by atoms with Gasteiger partial charge in [0.25, 0.3) is 0 Å². The van der Waals surface area contributed by atoms with Crippen molar-refractivity contribution >= 4 is 5.91 Å². The molecule has 1 fully saturated rings. The van der Waals surface area contributed by atoms with Gasteiger partial charge < -0.3 is 15.4 Å². The first kappa shape index (κ1) is 16.8. The molecule has 2 rings (SSSR count). The summed E-state index contributed by atoms with van der Waals surface area (Å²) in [6.07, 6.45) is 2.80. The Morgan fingerprint density at radius 3 is 2.50 bits per heavy atom. The van der Waals surface area contributed by atoms with Gasteiger partial charge in [-0.1, -0.05) is 25.1 Å². The van der Waals surface area contributed by atoms with Gasteiger partial charge in [0, 0.05) is 25.0 Å². The maximum absolute atomic E-state index is 12.5. The summed E-state index contributed by atoms with van der Waals surface area (Å²) in [7, 11) is 0. The van der Waals surface area contributed by atoms with Crippen molar-refractivity contribution in [3.05, 3.63) is 30.3 Å². The number of benzene rings is 1. The lowest BCUT2D eigenvalue weighted by Crippen LogP contribution is -2.44. The minimum absolute atomic E-state index is 0.00978. The van der Waals surface area contributed by atoms with Crippen molar-refractivity contribution in [1.82, 2.24) is 4.90 Å². The molecule has 1 aliphatic heterocycles. The highest BCUT2D eigenvalue weighted by Gasteiger charge is 2.27. The van der Waals surface area contributed by atoms with Crippen LogP contribution in [0.1, 0.15) is 33.1 Å². The SMILES string of the molecule is CC(CCOc1ccccc1)C(=O)N1CCC(C(C)N)CC1. The fourth-order valence-electron chi connectivity index (χ4n) is 2.95. The van der Waals surface area contributed by atoms with Gasteiger partial charge >= 0.3 is 0 Å². The molecule has 0 bridgehead atoms. The van der Waals surface area contributed by atoms with Crippen LogP contribution < -0.4 is 10.5 Å². The topological polar surface area (TPSA) is 55.6 Å². The van der Waals surface area contributed by atoms with E-state index in [-0.39, 0.29) is 17.9 Å². The maximum Gasteiger partial charge on any atom is 0.225 e. The van der Waals surface area contributed by atoms with Gasteiger partial charge in [-0.25, -0.2) is 0 Å². The molecule has 2 unspecified atom stereocenters.